The molecule has 0 radical (unpaired) electrons. The molecule has 0 aromatic heterocycles. The van der Waals surface area contributed by atoms with Gasteiger partial charge >= 0.3 is 6.36 Å². The van der Waals surface area contributed by atoms with Crippen LogP contribution in [-0.4, -0.2) is 36.9 Å². The number of benzene rings is 1. The number of rotatable bonds is 4. The number of nitrogens with zero attached hydrogens (tertiary/aromatic N) is 1. The monoisotopic (exact) mass is 328 g/mol. The van der Waals surface area contributed by atoms with Crippen molar-refractivity contribution in [3.05, 3.63) is 29.8 Å². The molecule has 3 nitrogen and oxygen atoms in total. The second kappa shape index (κ2) is 7.09. The van der Waals surface area contributed by atoms with Crippen LogP contribution >= 0.6 is 0 Å². The van der Waals surface area contributed by atoms with Crippen LogP contribution in [0.5, 0.6) is 5.75 Å². The van der Waals surface area contributed by atoms with Crippen molar-refractivity contribution >= 4 is 0 Å². The van der Waals surface area contributed by atoms with E-state index in [1.54, 1.807) is 12.1 Å². The first-order chi connectivity index (χ1) is 11.0. The lowest BCUT2D eigenvalue weighted by atomic mass is 9.88. The number of alkyl halides is 3. The van der Waals surface area contributed by atoms with Gasteiger partial charge in [0.25, 0.3) is 0 Å². The van der Waals surface area contributed by atoms with Crippen LogP contribution < -0.4 is 10.1 Å². The van der Waals surface area contributed by atoms with E-state index in [0.717, 1.165) is 37.7 Å². The lowest BCUT2D eigenvalue weighted by molar-refractivity contribution is -0.274. The van der Waals surface area contributed by atoms with Crippen molar-refractivity contribution in [1.29, 1.82) is 0 Å². The highest BCUT2D eigenvalue weighted by Crippen LogP contribution is 2.27. The molecule has 3 rings (SSSR count). The van der Waals surface area contributed by atoms with E-state index in [1.807, 2.05) is 0 Å². The van der Waals surface area contributed by atoms with E-state index >= 15 is 0 Å². The number of hydrogen-bond acceptors (Lipinski definition) is 3. The summed E-state index contributed by atoms with van der Waals surface area (Å²) in [5.74, 6) is 0.614. The zero-order valence-electron chi connectivity index (χ0n) is 13.1. The van der Waals surface area contributed by atoms with Crippen LogP contribution in [0.4, 0.5) is 13.2 Å². The van der Waals surface area contributed by atoms with Crippen molar-refractivity contribution in [1.82, 2.24) is 10.2 Å². The van der Waals surface area contributed by atoms with Crippen molar-refractivity contribution in [2.24, 2.45) is 5.92 Å². The Morgan fingerprint density at radius 2 is 1.78 bits per heavy atom. The van der Waals surface area contributed by atoms with Crippen molar-refractivity contribution in [3.63, 3.8) is 0 Å². The Bertz CT molecular complexity index is 490. The molecule has 2 fully saturated rings. The van der Waals surface area contributed by atoms with Crippen molar-refractivity contribution < 1.29 is 17.9 Å². The summed E-state index contributed by atoms with van der Waals surface area (Å²) in [4.78, 5) is 2.38. The maximum Gasteiger partial charge on any atom is 0.573 e. The Morgan fingerprint density at radius 3 is 2.35 bits per heavy atom. The van der Waals surface area contributed by atoms with E-state index in [1.165, 1.54) is 37.8 Å². The minimum atomic E-state index is -4.63. The number of likely N-dealkylation sites (tertiary alicyclic amines) is 1. The zero-order valence-corrected chi connectivity index (χ0v) is 13.1. The maximum atomic E-state index is 12.1. The standard InChI is InChI=1S/C17H23F3N2O/c18-17(19,20)23-15-5-3-13(4-6-15)12-22-10-7-14(8-11-22)16-2-1-9-21-16/h3-6,14,16,21H,1-2,7-12H2. The fraction of sp³-hybridized carbons (Fsp3) is 0.647. The van der Waals surface area contributed by atoms with Gasteiger partial charge in [-0.3, -0.25) is 4.90 Å². The second-order valence-corrected chi connectivity index (χ2v) is 6.51. The summed E-state index contributed by atoms with van der Waals surface area (Å²) in [6.45, 7) is 4.06. The van der Waals surface area contributed by atoms with Gasteiger partial charge in [-0.25, -0.2) is 0 Å². The number of piperidine rings is 1. The smallest absolute Gasteiger partial charge is 0.406 e. The maximum absolute atomic E-state index is 12.1. The van der Waals surface area contributed by atoms with Gasteiger partial charge in [0.2, 0.25) is 0 Å². The van der Waals surface area contributed by atoms with Gasteiger partial charge in [-0.2, -0.15) is 0 Å². The van der Waals surface area contributed by atoms with Gasteiger partial charge in [0, 0.05) is 12.6 Å². The molecule has 6 heteroatoms. The summed E-state index contributed by atoms with van der Waals surface area (Å²) in [5.41, 5.74) is 1.02. The molecule has 128 valence electrons. The summed E-state index contributed by atoms with van der Waals surface area (Å²) in [6, 6.07) is 6.89. The Balaban J connectivity index is 1.46. The molecule has 2 saturated heterocycles. The van der Waals surface area contributed by atoms with E-state index in [0.29, 0.717) is 6.04 Å². The molecular formula is C17H23F3N2O. The normalized spacial score (nSPS) is 24.0. The van der Waals surface area contributed by atoms with Crippen LogP contribution in [0.1, 0.15) is 31.2 Å². The average Bonchev–Trinajstić information content (AvgIpc) is 3.03. The Kier molecular flexibility index (Phi) is 5.11. The number of hydrogen-bond donors (Lipinski definition) is 1. The topological polar surface area (TPSA) is 24.5 Å². The third-order valence-corrected chi connectivity index (χ3v) is 4.86. The Morgan fingerprint density at radius 1 is 1.09 bits per heavy atom. The fourth-order valence-electron chi connectivity index (χ4n) is 3.68. The summed E-state index contributed by atoms with van der Waals surface area (Å²) in [5, 5.41) is 3.59. The molecule has 0 amide bonds. The Hall–Kier alpha value is -1.27. The first-order valence-corrected chi connectivity index (χ1v) is 8.30. The van der Waals surface area contributed by atoms with Crippen molar-refractivity contribution in [3.8, 4) is 5.75 Å². The molecule has 0 bridgehead atoms. The van der Waals surface area contributed by atoms with Gasteiger partial charge in [0.15, 0.2) is 0 Å². The Labute approximate surface area is 134 Å². The van der Waals surface area contributed by atoms with Gasteiger partial charge in [0.05, 0.1) is 0 Å². The molecule has 2 aliphatic rings. The summed E-state index contributed by atoms with van der Waals surface area (Å²) in [6.07, 6.45) is 0.361. The van der Waals surface area contributed by atoms with Crippen molar-refractivity contribution in [2.45, 2.75) is 44.6 Å². The molecule has 1 atom stereocenters. The zero-order chi connectivity index (χ0) is 16.3. The van der Waals surface area contributed by atoms with Gasteiger partial charge in [-0.15, -0.1) is 13.2 Å². The fourth-order valence-corrected chi connectivity index (χ4v) is 3.68. The molecule has 2 aliphatic heterocycles. The first kappa shape index (κ1) is 16.6. The lowest BCUT2D eigenvalue weighted by Gasteiger charge is -2.34. The van der Waals surface area contributed by atoms with Crippen LogP contribution in [-0.2, 0) is 6.54 Å². The molecule has 1 N–H and O–H groups in total. The SMILES string of the molecule is FC(F)(F)Oc1ccc(CN2CCC(C3CCCN3)CC2)cc1. The summed E-state index contributed by atoms with van der Waals surface area (Å²) in [7, 11) is 0. The third kappa shape index (κ3) is 4.85. The molecule has 1 aromatic rings. The highest BCUT2D eigenvalue weighted by molar-refractivity contribution is 5.27. The van der Waals surface area contributed by atoms with Crippen LogP contribution in [0, 0.1) is 5.92 Å². The van der Waals surface area contributed by atoms with Crippen LogP contribution in [0.2, 0.25) is 0 Å². The third-order valence-electron chi connectivity index (χ3n) is 4.86. The molecule has 0 saturated carbocycles. The minimum absolute atomic E-state index is 0.160. The lowest BCUT2D eigenvalue weighted by Crippen LogP contribution is -2.40. The summed E-state index contributed by atoms with van der Waals surface area (Å²) < 4.78 is 40.3. The number of halogens is 3. The van der Waals surface area contributed by atoms with Crippen molar-refractivity contribution in [2.75, 3.05) is 19.6 Å². The second-order valence-electron chi connectivity index (χ2n) is 6.51. The van der Waals surface area contributed by atoms with E-state index in [4.69, 9.17) is 0 Å². The molecule has 1 unspecified atom stereocenters. The molecule has 1 aromatic carbocycles. The van der Waals surface area contributed by atoms with Crippen LogP contribution in [0.3, 0.4) is 0 Å². The molecule has 2 heterocycles. The van der Waals surface area contributed by atoms with Gasteiger partial charge in [-0.1, -0.05) is 12.1 Å². The highest BCUT2D eigenvalue weighted by Gasteiger charge is 2.31. The quantitative estimate of drug-likeness (QED) is 0.915. The van der Waals surface area contributed by atoms with E-state index in [9.17, 15) is 13.2 Å². The van der Waals surface area contributed by atoms with Gasteiger partial charge in [0.1, 0.15) is 5.75 Å². The molecule has 0 spiro atoms. The largest absolute Gasteiger partial charge is 0.573 e. The predicted molar refractivity (Wildman–Crippen MR) is 82.2 cm³/mol. The number of nitrogens with one attached hydrogen (secondary N) is 1. The molecule has 23 heavy (non-hydrogen) atoms. The van der Waals surface area contributed by atoms with Gasteiger partial charge in [-0.05, 0) is 68.9 Å². The van der Waals surface area contributed by atoms with Gasteiger partial charge < -0.3 is 10.1 Å². The van der Waals surface area contributed by atoms with Crippen LogP contribution in [0.15, 0.2) is 24.3 Å². The van der Waals surface area contributed by atoms with E-state index in [-0.39, 0.29) is 5.75 Å². The molecule has 0 aliphatic carbocycles. The predicted octanol–water partition coefficient (Wildman–Crippen LogP) is 3.55. The minimum Gasteiger partial charge on any atom is -0.406 e. The number of ether oxygens (including phenoxy) is 1. The average molecular weight is 328 g/mol. The van der Waals surface area contributed by atoms with E-state index < -0.39 is 6.36 Å². The van der Waals surface area contributed by atoms with E-state index in [2.05, 4.69) is 15.0 Å². The van der Waals surface area contributed by atoms with Crippen LogP contribution in [0.25, 0.3) is 0 Å². The first-order valence-electron chi connectivity index (χ1n) is 8.30. The molecular weight excluding hydrogens is 305 g/mol. The summed E-state index contributed by atoms with van der Waals surface area (Å²) >= 11 is 0. The highest BCUT2D eigenvalue weighted by atomic mass is 19.4.